The van der Waals surface area contributed by atoms with E-state index in [1.54, 1.807) is 31.4 Å². The van der Waals surface area contributed by atoms with Crippen molar-refractivity contribution in [3.63, 3.8) is 0 Å². The summed E-state index contributed by atoms with van der Waals surface area (Å²) in [6.07, 6.45) is 3.35. The third-order valence-electron chi connectivity index (χ3n) is 5.20. The molecule has 0 unspecified atom stereocenters. The van der Waals surface area contributed by atoms with Crippen molar-refractivity contribution in [1.82, 2.24) is 0 Å². The van der Waals surface area contributed by atoms with Gasteiger partial charge in [-0.3, -0.25) is 4.79 Å². The van der Waals surface area contributed by atoms with Crippen LogP contribution in [0.25, 0.3) is 28.2 Å². The Morgan fingerprint density at radius 1 is 0.935 bits per heavy atom. The van der Waals surface area contributed by atoms with Crippen molar-refractivity contribution in [3.05, 3.63) is 105 Å². The van der Waals surface area contributed by atoms with Gasteiger partial charge in [0.2, 0.25) is 0 Å². The molecular formula is C27H22O4. The SMILES string of the molecule is COc1ccc(-c2cc3cc(/C=C/C(=O)c4ccc(C)cc4)cc(C)c3oc2=O)cc1. The first-order chi connectivity index (χ1) is 14.9. The number of ether oxygens (including phenoxy) is 1. The summed E-state index contributed by atoms with van der Waals surface area (Å²) in [6.45, 7) is 3.87. The average Bonchev–Trinajstić information content (AvgIpc) is 2.78. The van der Waals surface area contributed by atoms with Crippen molar-refractivity contribution >= 4 is 22.8 Å². The summed E-state index contributed by atoms with van der Waals surface area (Å²) in [7, 11) is 1.60. The maximum atomic E-state index is 12.6. The molecule has 4 nitrogen and oxygen atoms in total. The molecule has 4 aromatic rings. The number of hydrogen-bond acceptors (Lipinski definition) is 4. The van der Waals surface area contributed by atoms with Gasteiger partial charge >= 0.3 is 5.63 Å². The molecule has 31 heavy (non-hydrogen) atoms. The Balaban J connectivity index is 1.70. The van der Waals surface area contributed by atoms with Gasteiger partial charge < -0.3 is 9.15 Å². The van der Waals surface area contributed by atoms with Crippen molar-refractivity contribution < 1.29 is 13.9 Å². The second-order valence-corrected chi connectivity index (χ2v) is 7.50. The second-order valence-electron chi connectivity index (χ2n) is 7.50. The van der Waals surface area contributed by atoms with E-state index in [0.717, 1.165) is 33.4 Å². The highest BCUT2D eigenvalue weighted by molar-refractivity contribution is 6.07. The first-order valence-corrected chi connectivity index (χ1v) is 9.96. The zero-order chi connectivity index (χ0) is 22.0. The van der Waals surface area contributed by atoms with Crippen LogP contribution in [0.3, 0.4) is 0 Å². The highest BCUT2D eigenvalue weighted by Gasteiger charge is 2.11. The molecule has 0 saturated heterocycles. The number of ketones is 1. The third kappa shape index (κ3) is 4.33. The van der Waals surface area contributed by atoms with Crippen LogP contribution in [0.15, 0.2) is 82.0 Å². The molecule has 154 valence electrons. The standard InChI is InChI=1S/C27H22O4/c1-17-4-7-21(8-5-17)25(28)13-6-19-14-18(2)26-22(15-19)16-24(27(29)31-26)20-9-11-23(30-3)12-10-20/h4-16H,1-3H3/b13-6+. The number of allylic oxidation sites excluding steroid dienone is 1. The van der Waals surface area contributed by atoms with E-state index in [2.05, 4.69) is 0 Å². The molecular weight excluding hydrogens is 388 g/mol. The van der Waals surface area contributed by atoms with Crippen LogP contribution < -0.4 is 10.4 Å². The van der Waals surface area contributed by atoms with Crippen molar-refractivity contribution in [1.29, 1.82) is 0 Å². The molecule has 0 fully saturated rings. The van der Waals surface area contributed by atoms with Gasteiger partial charge in [-0.05, 0) is 66.9 Å². The topological polar surface area (TPSA) is 56.5 Å². The van der Waals surface area contributed by atoms with E-state index in [-0.39, 0.29) is 5.78 Å². The smallest absolute Gasteiger partial charge is 0.344 e. The van der Waals surface area contributed by atoms with Crippen LogP contribution in [0, 0.1) is 13.8 Å². The van der Waals surface area contributed by atoms with Crippen LogP contribution in [-0.4, -0.2) is 12.9 Å². The Morgan fingerprint density at radius 2 is 1.65 bits per heavy atom. The maximum Gasteiger partial charge on any atom is 0.344 e. The van der Waals surface area contributed by atoms with E-state index in [4.69, 9.17) is 9.15 Å². The van der Waals surface area contributed by atoms with Gasteiger partial charge in [-0.2, -0.15) is 0 Å². The predicted octanol–water partition coefficient (Wildman–Crippen LogP) is 5.98. The Hall–Kier alpha value is -3.92. The van der Waals surface area contributed by atoms with Crippen molar-refractivity contribution in [2.24, 2.45) is 0 Å². The minimum atomic E-state index is -0.390. The molecule has 0 radical (unpaired) electrons. The first-order valence-electron chi connectivity index (χ1n) is 9.96. The summed E-state index contributed by atoms with van der Waals surface area (Å²) >= 11 is 0. The summed E-state index contributed by atoms with van der Waals surface area (Å²) < 4.78 is 10.8. The van der Waals surface area contributed by atoms with Crippen LogP contribution in [0.5, 0.6) is 5.75 Å². The van der Waals surface area contributed by atoms with E-state index in [1.807, 2.05) is 68.4 Å². The maximum absolute atomic E-state index is 12.6. The third-order valence-corrected chi connectivity index (χ3v) is 5.20. The molecule has 0 spiro atoms. The summed E-state index contributed by atoms with van der Waals surface area (Å²) in [6, 6.07) is 20.4. The van der Waals surface area contributed by atoms with E-state index >= 15 is 0 Å². The van der Waals surface area contributed by atoms with Crippen LogP contribution in [0.1, 0.15) is 27.0 Å². The Kier molecular flexibility index (Phi) is 5.54. The molecule has 3 aromatic carbocycles. The summed E-state index contributed by atoms with van der Waals surface area (Å²) in [5.41, 5.74) is 4.84. The fourth-order valence-corrected chi connectivity index (χ4v) is 3.49. The number of hydrogen-bond donors (Lipinski definition) is 0. The minimum absolute atomic E-state index is 0.0590. The Labute approximate surface area is 180 Å². The Morgan fingerprint density at radius 3 is 2.32 bits per heavy atom. The lowest BCUT2D eigenvalue weighted by Gasteiger charge is -2.07. The molecule has 0 aliphatic rings. The zero-order valence-corrected chi connectivity index (χ0v) is 17.6. The lowest BCUT2D eigenvalue weighted by atomic mass is 10.0. The lowest BCUT2D eigenvalue weighted by molar-refractivity contribution is 0.104. The number of benzene rings is 3. The van der Waals surface area contributed by atoms with Gasteiger partial charge in [-0.25, -0.2) is 4.79 Å². The van der Waals surface area contributed by atoms with E-state index in [0.29, 0.717) is 16.7 Å². The van der Waals surface area contributed by atoms with Gasteiger partial charge in [0.25, 0.3) is 0 Å². The first kappa shape index (κ1) is 20.4. The molecule has 1 heterocycles. The number of carbonyl (C=O) groups excluding carboxylic acids is 1. The summed E-state index contributed by atoms with van der Waals surface area (Å²) in [5, 5.41) is 0.799. The molecule has 4 heteroatoms. The molecule has 0 aliphatic heterocycles. The molecule has 0 atom stereocenters. The van der Waals surface area contributed by atoms with Crippen LogP contribution in [0.4, 0.5) is 0 Å². The molecule has 4 rings (SSSR count). The molecule has 0 amide bonds. The number of aryl methyl sites for hydroxylation is 2. The van der Waals surface area contributed by atoms with Crippen molar-refractivity contribution in [2.45, 2.75) is 13.8 Å². The van der Waals surface area contributed by atoms with Gasteiger partial charge in [-0.15, -0.1) is 0 Å². The quantitative estimate of drug-likeness (QED) is 0.231. The van der Waals surface area contributed by atoms with Gasteiger partial charge in [0, 0.05) is 10.9 Å². The predicted molar refractivity (Wildman–Crippen MR) is 124 cm³/mol. The molecule has 0 N–H and O–H groups in total. The van der Waals surface area contributed by atoms with E-state index in [1.165, 1.54) is 0 Å². The van der Waals surface area contributed by atoms with E-state index in [9.17, 15) is 9.59 Å². The normalized spacial score (nSPS) is 11.2. The highest BCUT2D eigenvalue weighted by atomic mass is 16.5. The van der Waals surface area contributed by atoms with Gasteiger partial charge in [0.05, 0.1) is 12.7 Å². The molecule has 0 saturated carbocycles. The van der Waals surface area contributed by atoms with Crippen LogP contribution in [0.2, 0.25) is 0 Å². The van der Waals surface area contributed by atoms with Crippen LogP contribution in [-0.2, 0) is 0 Å². The summed E-state index contributed by atoms with van der Waals surface area (Å²) in [4.78, 5) is 25.0. The summed E-state index contributed by atoms with van der Waals surface area (Å²) in [5.74, 6) is 0.659. The monoisotopic (exact) mass is 410 g/mol. The molecule has 0 bridgehead atoms. The average molecular weight is 410 g/mol. The number of methoxy groups -OCH3 is 1. The fourth-order valence-electron chi connectivity index (χ4n) is 3.49. The minimum Gasteiger partial charge on any atom is -0.497 e. The number of carbonyl (C=O) groups is 1. The second kappa shape index (κ2) is 8.44. The fraction of sp³-hybridized carbons (Fsp3) is 0.111. The largest absolute Gasteiger partial charge is 0.497 e. The lowest BCUT2D eigenvalue weighted by Crippen LogP contribution is -2.03. The van der Waals surface area contributed by atoms with Gasteiger partial charge in [0.15, 0.2) is 5.78 Å². The molecule has 0 aliphatic carbocycles. The highest BCUT2D eigenvalue weighted by Crippen LogP contribution is 2.26. The van der Waals surface area contributed by atoms with Crippen molar-refractivity contribution in [2.75, 3.05) is 7.11 Å². The number of rotatable bonds is 5. The Bertz CT molecular complexity index is 1340. The van der Waals surface area contributed by atoms with Crippen LogP contribution >= 0.6 is 0 Å². The van der Waals surface area contributed by atoms with E-state index < -0.39 is 5.63 Å². The van der Waals surface area contributed by atoms with Gasteiger partial charge in [0.1, 0.15) is 11.3 Å². The zero-order valence-electron chi connectivity index (χ0n) is 17.6. The van der Waals surface area contributed by atoms with Crippen molar-refractivity contribution in [3.8, 4) is 16.9 Å². The number of fused-ring (bicyclic) bond motifs is 1. The van der Waals surface area contributed by atoms with Gasteiger partial charge in [-0.1, -0.05) is 48.0 Å². The molecule has 1 aromatic heterocycles.